The number of benzene rings is 1. The maximum Gasteiger partial charge on any atom is 0.328 e. The highest BCUT2D eigenvalue weighted by Gasteiger charge is 2.22. The summed E-state index contributed by atoms with van der Waals surface area (Å²) in [7, 11) is 0. The molecule has 164 valence electrons. The molecule has 0 aliphatic heterocycles. The molecule has 0 unspecified atom stereocenters. The second kappa shape index (κ2) is 9.76. The molecule has 0 amide bonds. The first kappa shape index (κ1) is 21.1. The standard InChI is InChI=1S/C23H29N5O3/c1-17(13-19-5-4-7-21(14-19)31-16-18-8-9-18)28-20(15-24-26-28)6-2-3-11-27-12-10-22(29)25-23(27)30/h4-5,7,10,12,14-15,17-18H,2-3,6,8-9,11,13,16H2,1H3,(H,25,29,30)/t17-/m0/s1. The van der Waals surface area contributed by atoms with Gasteiger partial charge in [0.25, 0.3) is 5.56 Å². The molecule has 31 heavy (non-hydrogen) atoms. The lowest BCUT2D eigenvalue weighted by Crippen LogP contribution is -2.28. The van der Waals surface area contributed by atoms with E-state index < -0.39 is 0 Å². The lowest BCUT2D eigenvalue weighted by Gasteiger charge is -2.15. The minimum atomic E-state index is -0.370. The third-order valence-corrected chi connectivity index (χ3v) is 5.66. The number of unbranched alkanes of at least 4 members (excludes halogenated alkanes) is 1. The van der Waals surface area contributed by atoms with E-state index in [1.807, 2.05) is 23.0 Å². The summed E-state index contributed by atoms with van der Waals surface area (Å²) in [6.07, 6.45) is 9.34. The summed E-state index contributed by atoms with van der Waals surface area (Å²) in [6.45, 7) is 3.54. The van der Waals surface area contributed by atoms with E-state index in [9.17, 15) is 9.59 Å². The van der Waals surface area contributed by atoms with Crippen LogP contribution in [0.25, 0.3) is 0 Å². The fourth-order valence-corrected chi connectivity index (χ4v) is 3.71. The van der Waals surface area contributed by atoms with Gasteiger partial charge in [-0.3, -0.25) is 9.78 Å². The number of rotatable bonds is 11. The predicted molar refractivity (Wildman–Crippen MR) is 117 cm³/mol. The van der Waals surface area contributed by atoms with Gasteiger partial charge in [0, 0.05) is 18.8 Å². The van der Waals surface area contributed by atoms with Crippen LogP contribution in [0.3, 0.4) is 0 Å². The van der Waals surface area contributed by atoms with Crippen molar-refractivity contribution >= 4 is 0 Å². The molecule has 1 N–H and O–H groups in total. The molecule has 1 atom stereocenters. The molecule has 1 aliphatic carbocycles. The second-order valence-electron chi connectivity index (χ2n) is 8.39. The number of hydrogen-bond acceptors (Lipinski definition) is 5. The largest absolute Gasteiger partial charge is 0.493 e. The van der Waals surface area contributed by atoms with Crippen molar-refractivity contribution < 1.29 is 4.74 Å². The van der Waals surface area contributed by atoms with Gasteiger partial charge in [-0.25, -0.2) is 9.48 Å². The second-order valence-corrected chi connectivity index (χ2v) is 8.39. The van der Waals surface area contributed by atoms with Gasteiger partial charge in [0.15, 0.2) is 0 Å². The summed E-state index contributed by atoms with van der Waals surface area (Å²) in [5, 5.41) is 8.42. The molecule has 1 saturated carbocycles. The number of aromatic amines is 1. The van der Waals surface area contributed by atoms with Crippen molar-refractivity contribution in [3.8, 4) is 5.75 Å². The van der Waals surface area contributed by atoms with Crippen LogP contribution in [-0.4, -0.2) is 31.2 Å². The van der Waals surface area contributed by atoms with Crippen LogP contribution in [-0.2, 0) is 19.4 Å². The minimum Gasteiger partial charge on any atom is -0.493 e. The molecule has 1 aromatic carbocycles. The Bertz CT molecular complexity index is 1110. The van der Waals surface area contributed by atoms with Gasteiger partial charge in [-0.05, 0) is 69.1 Å². The van der Waals surface area contributed by atoms with Crippen LogP contribution < -0.4 is 16.0 Å². The Morgan fingerprint density at radius 3 is 2.90 bits per heavy atom. The molecule has 8 nitrogen and oxygen atoms in total. The van der Waals surface area contributed by atoms with Crippen LogP contribution in [0, 0.1) is 5.92 Å². The lowest BCUT2D eigenvalue weighted by atomic mass is 10.1. The Morgan fingerprint density at radius 1 is 1.23 bits per heavy atom. The molecule has 8 heteroatoms. The maximum atomic E-state index is 11.8. The van der Waals surface area contributed by atoms with Crippen LogP contribution in [0.4, 0.5) is 0 Å². The Kier molecular flexibility index (Phi) is 6.64. The number of hydrogen-bond donors (Lipinski definition) is 1. The molecule has 0 radical (unpaired) electrons. The summed E-state index contributed by atoms with van der Waals surface area (Å²) < 4.78 is 9.42. The van der Waals surface area contributed by atoms with Gasteiger partial charge >= 0.3 is 5.69 Å². The average molecular weight is 424 g/mol. The minimum absolute atomic E-state index is 0.179. The number of nitrogens with one attached hydrogen (secondary N) is 1. The highest BCUT2D eigenvalue weighted by molar-refractivity contribution is 5.29. The van der Waals surface area contributed by atoms with E-state index in [4.69, 9.17) is 4.74 Å². The van der Waals surface area contributed by atoms with Crippen molar-refractivity contribution in [1.82, 2.24) is 24.5 Å². The first-order valence-corrected chi connectivity index (χ1v) is 11.0. The molecule has 2 aromatic heterocycles. The number of H-pyrrole nitrogens is 1. The third kappa shape index (κ3) is 5.93. The molecular formula is C23H29N5O3. The first-order chi connectivity index (χ1) is 15.1. The van der Waals surface area contributed by atoms with E-state index in [-0.39, 0.29) is 17.3 Å². The third-order valence-electron chi connectivity index (χ3n) is 5.66. The molecular weight excluding hydrogens is 394 g/mol. The van der Waals surface area contributed by atoms with Gasteiger partial charge in [0.05, 0.1) is 24.5 Å². The zero-order valence-corrected chi connectivity index (χ0v) is 17.9. The topological polar surface area (TPSA) is 94.8 Å². The first-order valence-electron chi connectivity index (χ1n) is 11.0. The average Bonchev–Trinajstić information content (AvgIpc) is 3.47. The van der Waals surface area contributed by atoms with Crippen molar-refractivity contribution in [2.24, 2.45) is 5.92 Å². The zero-order chi connectivity index (χ0) is 21.6. The van der Waals surface area contributed by atoms with E-state index in [1.165, 1.54) is 35.2 Å². The highest BCUT2D eigenvalue weighted by atomic mass is 16.5. The van der Waals surface area contributed by atoms with Gasteiger partial charge in [0.1, 0.15) is 5.75 Å². The van der Waals surface area contributed by atoms with E-state index >= 15 is 0 Å². The van der Waals surface area contributed by atoms with E-state index in [2.05, 4.69) is 34.4 Å². The van der Waals surface area contributed by atoms with Crippen molar-refractivity contribution in [2.45, 2.75) is 58.0 Å². The number of aryl methyl sites for hydroxylation is 2. The van der Waals surface area contributed by atoms with Crippen LogP contribution >= 0.6 is 0 Å². The van der Waals surface area contributed by atoms with Gasteiger partial charge < -0.3 is 9.30 Å². The number of ether oxygens (including phenoxy) is 1. The summed E-state index contributed by atoms with van der Waals surface area (Å²) in [5.74, 6) is 1.68. The SMILES string of the molecule is C[C@@H](Cc1cccc(OCC2CC2)c1)n1nncc1CCCCn1ccc(=O)[nH]c1=O. The quantitative estimate of drug-likeness (QED) is 0.479. The van der Waals surface area contributed by atoms with Crippen LogP contribution in [0.1, 0.15) is 49.9 Å². The van der Waals surface area contributed by atoms with Gasteiger partial charge in [-0.1, -0.05) is 17.3 Å². The zero-order valence-electron chi connectivity index (χ0n) is 17.9. The molecule has 1 aliphatic rings. The smallest absolute Gasteiger partial charge is 0.328 e. The van der Waals surface area contributed by atoms with Crippen LogP contribution in [0.2, 0.25) is 0 Å². The van der Waals surface area contributed by atoms with Crippen LogP contribution in [0.5, 0.6) is 5.75 Å². The molecule has 0 bridgehead atoms. The van der Waals surface area contributed by atoms with E-state index in [0.29, 0.717) is 6.54 Å². The molecule has 2 heterocycles. The molecule has 3 aromatic rings. The summed E-state index contributed by atoms with van der Waals surface area (Å²) >= 11 is 0. The monoisotopic (exact) mass is 423 g/mol. The normalized spacial score (nSPS) is 14.5. The molecule has 0 saturated heterocycles. The number of aromatic nitrogens is 5. The Hall–Kier alpha value is -3.16. The van der Waals surface area contributed by atoms with Gasteiger partial charge in [-0.2, -0.15) is 0 Å². The Balaban J connectivity index is 1.29. The van der Waals surface area contributed by atoms with Crippen molar-refractivity contribution in [2.75, 3.05) is 6.61 Å². The highest BCUT2D eigenvalue weighted by Crippen LogP contribution is 2.30. The van der Waals surface area contributed by atoms with Crippen molar-refractivity contribution in [3.05, 3.63) is 74.8 Å². The number of nitrogens with zero attached hydrogens (tertiary/aromatic N) is 4. The summed E-state index contributed by atoms with van der Waals surface area (Å²) in [5.41, 5.74) is 1.57. The Labute approximate surface area is 180 Å². The molecule has 0 spiro atoms. The van der Waals surface area contributed by atoms with Crippen LogP contribution in [0.15, 0.2) is 52.3 Å². The van der Waals surface area contributed by atoms with Gasteiger partial charge in [-0.15, -0.1) is 5.10 Å². The van der Waals surface area contributed by atoms with Crippen molar-refractivity contribution in [1.29, 1.82) is 0 Å². The molecule has 4 rings (SSSR count). The maximum absolute atomic E-state index is 11.8. The van der Waals surface area contributed by atoms with Crippen molar-refractivity contribution in [3.63, 3.8) is 0 Å². The van der Waals surface area contributed by atoms with Gasteiger partial charge in [0.2, 0.25) is 0 Å². The summed E-state index contributed by atoms with van der Waals surface area (Å²) in [4.78, 5) is 25.2. The van der Waals surface area contributed by atoms with E-state index in [0.717, 1.165) is 49.7 Å². The van der Waals surface area contributed by atoms with E-state index in [1.54, 1.807) is 0 Å². The Morgan fingerprint density at radius 2 is 2.10 bits per heavy atom. The summed E-state index contributed by atoms with van der Waals surface area (Å²) in [6, 6.07) is 9.86. The predicted octanol–water partition coefficient (Wildman–Crippen LogP) is 2.74. The fourth-order valence-electron chi connectivity index (χ4n) is 3.71. The fraction of sp³-hybridized carbons (Fsp3) is 0.478. The lowest BCUT2D eigenvalue weighted by molar-refractivity contribution is 0.299. The molecule has 1 fully saturated rings.